The van der Waals surface area contributed by atoms with Crippen molar-refractivity contribution >= 4 is 40.1 Å². The fourth-order valence-electron chi connectivity index (χ4n) is 11.9. The average molecular weight is 940 g/mol. The Morgan fingerprint density at radius 3 is 2.45 bits per heavy atom. The molecule has 5 aromatic rings. The molecule has 0 radical (unpaired) electrons. The molecule has 3 aromatic heterocycles. The Kier molecular flexibility index (Phi) is 14.4. The Hall–Kier alpha value is -6.20. The first-order valence-corrected chi connectivity index (χ1v) is 25.1. The maximum Gasteiger partial charge on any atom is 0.343 e. The smallest absolute Gasteiger partial charge is 0.343 e. The Bertz CT molecular complexity index is 2850. The summed E-state index contributed by atoms with van der Waals surface area (Å²) in [5.74, 6) is -0.754. The minimum Gasteiger partial charge on any atom is -0.388 e. The number of imide groups is 1. The number of nitrogens with zero attached hydrogens (tertiary/aromatic N) is 6. The SMILES string of the molecule is CNc1ccn(-c2ccnc3c2cc(C(C)C2CCCC(c4c(C)cc(C(=O)N5CCC(CN6CCCC(c7ccc([N+]#CC8CCC(=O)NC8=O)cc7F)CC6)CC5)cc4F)CC2)n3C)c(=O)c1. The zero-order chi connectivity index (χ0) is 48.3. The molecule has 3 aliphatic heterocycles. The molecular formula is C55H65F2N8O4+. The number of carbonyl (C=O) groups excluding carboxylic acids is 3. The largest absolute Gasteiger partial charge is 0.388 e. The van der Waals surface area contributed by atoms with Crippen molar-refractivity contribution in [1.82, 2.24) is 29.2 Å². The number of carbonyl (C=O) groups is 3. The molecular weight excluding hydrogens is 875 g/mol. The van der Waals surface area contributed by atoms with E-state index in [4.69, 9.17) is 4.98 Å². The van der Waals surface area contributed by atoms with Crippen LogP contribution in [-0.4, -0.2) is 81.4 Å². The minimum absolute atomic E-state index is 0.0844. The standard InChI is InChI=1S/C55H64F2N8O4/c1-34-27-41(28-47(57)52(34)39-8-5-7-37(10-11-39)35(2)49-31-45-48(16-21-59-53(45)62(49)4)65-26-20-42(58-3)30-51(65)67)55(69)64-24-17-36(18-25-64)33-63-22-6-9-38(19-23-63)44-14-13-43(29-46(44)56)60-32-40-12-15-50(66)61-54(40)68/h13-14,16,20-21,26-31,35-40H,5-12,15,17-19,22-25,33H2,1-4H3,(H-,58,61,66,67,68)/p+1. The number of hydrogen-bond donors (Lipinski definition) is 2. The predicted molar refractivity (Wildman–Crippen MR) is 266 cm³/mol. The van der Waals surface area contributed by atoms with Crippen LogP contribution in [0.25, 0.3) is 21.6 Å². The normalized spacial score (nSPS) is 22.3. The number of anilines is 1. The molecule has 6 heterocycles. The third-order valence-electron chi connectivity index (χ3n) is 15.8. The molecule has 5 atom stereocenters. The van der Waals surface area contributed by atoms with Crippen LogP contribution < -0.4 is 16.2 Å². The molecule has 4 aliphatic rings. The van der Waals surface area contributed by atoms with Crippen molar-refractivity contribution in [2.45, 2.75) is 109 Å². The number of benzene rings is 2. The van der Waals surface area contributed by atoms with E-state index in [0.717, 1.165) is 117 Å². The van der Waals surface area contributed by atoms with Crippen LogP contribution >= 0.6 is 0 Å². The first-order chi connectivity index (χ1) is 33.3. The molecule has 14 heteroatoms. The van der Waals surface area contributed by atoms with Gasteiger partial charge in [-0.1, -0.05) is 13.3 Å². The molecule has 3 amide bonds. The molecule has 12 nitrogen and oxygen atoms in total. The molecule has 1 saturated carbocycles. The van der Waals surface area contributed by atoms with Crippen molar-refractivity contribution in [1.29, 1.82) is 0 Å². The summed E-state index contributed by atoms with van der Waals surface area (Å²) < 4.78 is 35.5. The van der Waals surface area contributed by atoms with Gasteiger partial charge in [-0.2, -0.15) is 0 Å². The van der Waals surface area contributed by atoms with Crippen LogP contribution in [-0.2, 0) is 16.6 Å². The molecule has 1 aliphatic carbocycles. The van der Waals surface area contributed by atoms with E-state index in [1.54, 1.807) is 36.1 Å². The Morgan fingerprint density at radius 1 is 0.884 bits per heavy atom. The molecule has 0 spiro atoms. The van der Waals surface area contributed by atoms with Gasteiger partial charge in [-0.25, -0.2) is 13.8 Å². The van der Waals surface area contributed by atoms with Gasteiger partial charge in [-0.15, -0.1) is 0 Å². The predicted octanol–water partition coefficient (Wildman–Crippen LogP) is 9.96. The van der Waals surface area contributed by atoms with E-state index < -0.39 is 11.8 Å². The van der Waals surface area contributed by atoms with Crippen LogP contribution in [0.2, 0.25) is 0 Å². The quantitative estimate of drug-likeness (QED) is 0.111. The maximum absolute atomic E-state index is 16.3. The number of pyridine rings is 2. The topological polar surface area (TPSA) is 126 Å². The molecule has 5 unspecified atom stereocenters. The molecule has 9 rings (SSSR count). The van der Waals surface area contributed by atoms with Gasteiger partial charge in [0.05, 0.1) is 11.8 Å². The van der Waals surface area contributed by atoms with Crippen molar-refractivity contribution in [3.05, 3.63) is 122 Å². The zero-order valence-electron chi connectivity index (χ0n) is 40.4. The molecule has 362 valence electrons. The fourth-order valence-corrected chi connectivity index (χ4v) is 11.9. The van der Waals surface area contributed by atoms with E-state index >= 15 is 8.78 Å². The number of hydrogen-bond acceptors (Lipinski definition) is 7. The summed E-state index contributed by atoms with van der Waals surface area (Å²) in [6.07, 6.45) is 13.4. The summed E-state index contributed by atoms with van der Waals surface area (Å²) in [4.78, 5) is 63.8. The highest BCUT2D eigenvalue weighted by atomic mass is 19.1. The first-order valence-electron chi connectivity index (χ1n) is 25.1. The van der Waals surface area contributed by atoms with Gasteiger partial charge < -0.3 is 19.7 Å². The summed E-state index contributed by atoms with van der Waals surface area (Å²) >= 11 is 0. The highest BCUT2D eigenvalue weighted by Crippen LogP contribution is 2.43. The van der Waals surface area contributed by atoms with Crippen molar-refractivity contribution < 1.29 is 23.2 Å². The lowest BCUT2D eigenvalue weighted by atomic mass is 9.83. The Balaban J connectivity index is 0.766. The number of aromatic nitrogens is 3. The van der Waals surface area contributed by atoms with E-state index in [0.29, 0.717) is 48.2 Å². The van der Waals surface area contributed by atoms with Crippen molar-refractivity contribution in [3.8, 4) is 11.8 Å². The van der Waals surface area contributed by atoms with Gasteiger partial charge in [0, 0.05) is 87.0 Å². The lowest BCUT2D eigenvalue weighted by Gasteiger charge is -2.35. The summed E-state index contributed by atoms with van der Waals surface area (Å²) in [6.45, 7) is 8.29. The fraction of sp³-hybridized carbons (Fsp3) is 0.491. The second-order valence-corrected chi connectivity index (χ2v) is 20.1. The van der Waals surface area contributed by atoms with Gasteiger partial charge in [-0.05, 0) is 172 Å². The van der Waals surface area contributed by atoms with Crippen LogP contribution in [0.5, 0.6) is 0 Å². The molecule has 69 heavy (non-hydrogen) atoms. The third kappa shape index (κ3) is 10.4. The van der Waals surface area contributed by atoms with Crippen LogP contribution in [0, 0.1) is 42.4 Å². The summed E-state index contributed by atoms with van der Waals surface area (Å²) in [5.41, 5.74) is 6.58. The number of rotatable bonds is 9. The van der Waals surface area contributed by atoms with Crippen LogP contribution in [0.4, 0.5) is 20.2 Å². The first kappa shape index (κ1) is 47.8. The van der Waals surface area contributed by atoms with Gasteiger partial charge in [0.25, 0.3) is 17.5 Å². The van der Waals surface area contributed by atoms with Gasteiger partial charge in [-0.3, -0.25) is 29.1 Å². The second kappa shape index (κ2) is 20.8. The van der Waals surface area contributed by atoms with Crippen LogP contribution in [0.1, 0.15) is 134 Å². The molecule has 2 N–H and O–H groups in total. The minimum atomic E-state index is -0.622. The van der Waals surface area contributed by atoms with Crippen LogP contribution in [0.15, 0.2) is 71.8 Å². The van der Waals surface area contributed by atoms with Crippen LogP contribution in [0.3, 0.4) is 0 Å². The number of fused-ring (bicyclic) bond motifs is 1. The molecule has 3 saturated heterocycles. The zero-order valence-corrected chi connectivity index (χ0v) is 40.4. The maximum atomic E-state index is 16.3. The Morgan fingerprint density at radius 2 is 1.70 bits per heavy atom. The third-order valence-corrected chi connectivity index (χ3v) is 15.8. The van der Waals surface area contributed by atoms with E-state index in [1.807, 2.05) is 43.1 Å². The van der Waals surface area contributed by atoms with Gasteiger partial charge >= 0.3 is 5.69 Å². The van der Waals surface area contributed by atoms with Crippen molar-refractivity contribution in [2.75, 3.05) is 45.1 Å². The van der Waals surface area contributed by atoms with E-state index in [-0.39, 0.29) is 53.2 Å². The number of piperidine rings is 2. The van der Waals surface area contributed by atoms with E-state index in [9.17, 15) is 19.2 Å². The van der Waals surface area contributed by atoms with E-state index in [2.05, 4.69) is 44.0 Å². The van der Waals surface area contributed by atoms with Crippen molar-refractivity contribution in [3.63, 3.8) is 0 Å². The lowest BCUT2D eigenvalue weighted by molar-refractivity contribution is -0.134. The number of halogens is 2. The van der Waals surface area contributed by atoms with Gasteiger partial charge in [0.2, 0.25) is 11.8 Å². The Labute approximate surface area is 403 Å². The summed E-state index contributed by atoms with van der Waals surface area (Å²) in [7, 11) is 3.85. The average Bonchev–Trinajstić information content (AvgIpc) is 3.49. The highest BCUT2D eigenvalue weighted by molar-refractivity contribution is 6.00. The lowest BCUT2D eigenvalue weighted by Crippen LogP contribution is -2.42. The summed E-state index contributed by atoms with van der Waals surface area (Å²) in [6, 6.07) is 18.7. The number of likely N-dealkylation sites (tertiary alicyclic amines) is 2. The second-order valence-electron chi connectivity index (χ2n) is 20.1. The molecule has 2 aromatic carbocycles. The highest BCUT2D eigenvalue weighted by Gasteiger charge is 2.33. The molecule has 4 fully saturated rings. The van der Waals surface area contributed by atoms with Gasteiger partial charge in [0.15, 0.2) is 5.92 Å². The molecule has 0 bridgehead atoms. The van der Waals surface area contributed by atoms with Gasteiger partial charge in [0.1, 0.15) is 17.3 Å². The number of aryl methyl sites for hydroxylation is 2. The monoisotopic (exact) mass is 940 g/mol. The van der Waals surface area contributed by atoms with E-state index in [1.165, 1.54) is 17.8 Å². The number of amides is 3. The number of nitrogens with one attached hydrogen (secondary N) is 2. The van der Waals surface area contributed by atoms with Crippen molar-refractivity contribution in [2.24, 2.45) is 24.8 Å². The summed E-state index contributed by atoms with van der Waals surface area (Å²) in [5, 5.41) is 6.26.